The topological polar surface area (TPSA) is 12.0 Å². The second-order valence-electron chi connectivity index (χ2n) is 3.51. The van der Waals surface area contributed by atoms with E-state index in [1.165, 1.54) is 0 Å². The lowest BCUT2D eigenvalue weighted by Crippen LogP contribution is -2.38. The summed E-state index contributed by atoms with van der Waals surface area (Å²) in [5.74, 6) is -3.97. The van der Waals surface area contributed by atoms with Crippen LogP contribution in [0.2, 0.25) is 0 Å². The van der Waals surface area contributed by atoms with Crippen molar-refractivity contribution in [2.75, 3.05) is 12.8 Å². The molecule has 1 aromatic rings. The van der Waals surface area contributed by atoms with E-state index < -0.39 is 18.9 Å². The zero-order chi connectivity index (χ0) is 12.9. The van der Waals surface area contributed by atoms with Gasteiger partial charge in [-0.2, -0.15) is 8.78 Å². The Bertz CT molecular complexity index is 340. The van der Waals surface area contributed by atoms with Crippen LogP contribution in [-0.2, 0) is 6.54 Å². The van der Waals surface area contributed by atoms with Crippen LogP contribution in [0.15, 0.2) is 29.2 Å². The molecule has 6 heteroatoms. The fourth-order valence-corrected chi connectivity index (χ4v) is 1.60. The first-order valence-electron chi connectivity index (χ1n) is 4.95. The third-order valence-electron chi connectivity index (χ3n) is 2.17. The van der Waals surface area contributed by atoms with Gasteiger partial charge < -0.3 is 5.32 Å². The Morgan fingerprint density at radius 2 is 1.82 bits per heavy atom. The van der Waals surface area contributed by atoms with Crippen molar-refractivity contribution in [1.82, 2.24) is 5.32 Å². The Morgan fingerprint density at radius 1 is 1.24 bits per heavy atom. The van der Waals surface area contributed by atoms with E-state index in [0.717, 1.165) is 10.5 Å². The van der Waals surface area contributed by atoms with Crippen LogP contribution in [0.4, 0.5) is 17.6 Å². The van der Waals surface area contributed by atoms with Gasteiger partial charge in [-0.3, -0.25) is 0 Å². The molecule has 0 heterocycles. The van der Waals surface area contributed by atoms with Gasteiger partial charge in [0, 0.05) is 11.4 Å². The van der Waals surface area contributed by atoms with Gasteiger partial charge in [-0.05, 0) is 24.0 Å². The second kappa shape index (κ2) is 6.26. The van der Waals surface area contributed by atoms with E-state index in [-0.39, 0.29) is 6.54 Å². The first kappa shape index (κ1) is 14.3. The Morgan fingerprint density at radius 3 is 2.29 bits per heavy atom. The fourth-order valence-electron chi connectivity index (χ4n) is 1.19. The van der Waals surface area contributed by atoms with Crippen LogP contribution in [0.25, 0.3) is 0 Å². The molecule has 17 heavy (non-hydrogen) atoms. The van der Waals surface area contributed by atoms with Gasteiger partial charge >= 0.3 is 12.3 Å². The highest BCUT2D eigenvalue weighted by Crippen LogP contribution is 2.21. The van der Waals surface area contributed by atoms with Crippen molar-refractivity contribution in [1.29, 1.82) is 0 Å². The van der Waals surface area contributed by atoms with Crippen molar-refractivity contribution in [3.8, 4) is 0 Å². The van der Waals surface area contributed by atoms with Crippen molar-refractivity contribution >= 4 is 11.8 Å². The van der Waals surface area contributed by atoms with Gasteiger partial charge in [0.25, 0.3) is 0 Å². The molecule has 0 aliphatic rings. The summed E-state index contributed by atoms with van der Waals surface area (Å²) in [4.78, 5) is 1.06. The maximum Gasteiger partial charge on any atom is 0.319 e. The SMILES string of the molecule is CSc1ccc(CNCC(F)(F)C(F)F)cc1. The Balaban J connectivity index is 2.40. The highest BCUT2D eigenvalue weighted by atomic mass is 32.2. The average molecular weight is 267 g/mol. The summed E-state index contributed by atoms with van der Waals surface area (Å²) in [6.07, 6.45) is -1.70. The monoisotopic (exact) mass is 267 g/mol. The molecule has 0 saturated heterocycles. The van der Waals surface area contributed by atoms with Crippen molar-refractivity contribution in [2.24, 2.45) is 0 Å². The van der Waals surface area contributed by atoms with Crippen LogP contribution in [0.5, 0.6) is 0 Å². The van der Waals surface area contributed by atoms with E-state index in [9.17, 15) is 17.6 Å². The summed E-state index contributed by atoms with van der Waals surface area (Å²) >= 11 is 1.57. The third-order valence-corrected chi connectivity index (χ3v) is 2.91. The standard InChI is InChI=1S/C11H13F4NS/c1-17-9-4-2-8(3-5-9)6-16-7-11(14,15)10(12)13/h2-5,10,16H,6-7H2,1H3. The van der Waals surface area contributed by atoms with Gasteiger partial charge in [-0.15, -0.1) is 11.8 Å². The molecule has 0 aromatic heterocycles. The molecule has 1 nitrogen and oxygen atoms in total. The number of halogens is 4. The van der Waals surface area contributed by atoms with Crippen molar-refractivity contribution < 1.29 is 17.6 Å². The predicted octanol–water partition coefficient (Wildman–Crippen LogP) is 3.40. The fraction of sp³-hybridized carbons (Fsp3) is 0.455. The molecule has 0 unspecified atom stereocenters. The molecule has 0 atom stereocenters. The van der Waals surface area contributed by atoms with Crippen LogP contribution >= 0.6 is 11.8 Å². The molecule has 1 aromatic carbocycles. The lowest BCUT2D eigenvalue weighted by Gasteiger charge is -2.15. The number of rotatable bonds is 6. The van der Waals surface area contributed by atoms with E-state index in [4.69, 9.17) is 0 Å². The van der Waals surface area contributed by atoms with E-state index in [2.05, 4.69) is 5.32 Å². The molecule has 0 spiro atoms. The summed E-state index contributed by atoms with van der Waals surface area (Å²) < 4.78 is 48.8. The van der Waals surface area contributed by atoms with Crippen molar-refractivity contribution in [2.45, 2.75) is 23.8 Å². The summed E-state index contributed by atoms with van der Waals surface area (Å²) in [5, 5.41) is 2.32. The number of benzene rings is 1. The molecular formula is C11H13F4NS. The molecule has 0 aliphatic carbocycles. The lowest BCUT2D eigenvalue weighted by molar-refractivity contribution is -0.125. The zero-order valence-corrected chi connectivity index (χ0v) is 10.0. The molecular weight excluding hydrogens is 254 g/mol. The molecule has 0 bridgehead atoms. The normalized spacial score (nSPS) is 12.1. The van der Waals surface area contributed by atoms with Gasteiger partial charge in [-0.25, -0.2) is 8.78 Å². The highest BCUT2D eigenvalue weighted by molar-refractivity contribution is 7.98. The number of alkyl halides is 4. The molecule has 0 fully saturated rings. The third kappa shape index (κ3) is 4.55. The summed E-state index contributed by atoms with van der Waals surface area (Å²) in [6, 6.07) is 7.26. The maximum absolute atomic E-state index is 12.6. The Kier molecular flexibility index (Phi) is 5.27. The minimum atomic E-state index is -3.97. The Hall–Kier alpha value is -0.750. The first-order chi connectivity index (χ1) is 7.95. The van der Waals surface area contributed by atoms with E-state index >= 15 is 0 Å². The van der Waals surface area contributed by atoms with Crippen LogP contribution in [0.3, 0.4) is 0 Å². The number of hydrogen-bond acceptors (Lipinski definition) is 2. The zero-order valence-electron chi connectivity index (χ0n) is 9.22. The largest absolute Gasteiger partial charge is 0.319 e. The molecule has 96 valence electrons. The summed E-state index contributed by atoms with van der Waals surface area (Å²) in [7, 11) is 0. The Labute approximate surface area is 102 Å². The molecule has 0 amide bonds. The molecule has 0 radical (unpaired) electrons. The minimum Gasteiger partial charge on any atom is -0.307 e. The molecule has 0 saturated carbocycles. The predicted molar refractivity (Wildman–Crippen MR) is 60.9 cm³/mol. The smallest absolute Gasteiger partial charge is 0.307 e. The minimum absolute atomic E-state index is 0.150. The quantitative estimate of drug-likeness (QED) is 0.626. The van der Waals surface area contributed by atoms with E-state index in [1.54, 1.807) is 23.9 Å². The van der Waals surface area contributed by atoms with E-state index in [1.807, 2.05) is 18.4 Å². The maximum atomic E-state index is 12.6. The summed E-state index contributed by atoms with van der Waals surface area (Å²) in [6.45, 7) is -0.869. The van der Waals surface area contributed by atoms with Crippen LogP contribution in [0, 0.1) is 0 Å². The molecule has 0 aliphatic heterocycles. The van der Waals surface area contributed by atoms with E-state index in [0.29, 0.717) is 0 Å². The second-order valence-corrected chi connectivity index (χ2v) is 4.39. The molecule has 1 rings (SSSR count). The molecule has 1 N–H and O–H groups in total. The average Bonchev–Trinajstić information content (AvgIpc) is 2.29. The number of nitrogens with one attached hydrogen (secondary N) is 1. The summed E-state index contributed by atoms with van der Waals surface area (Å²) in [5.41, 5.74) is 0.785. The lowest BCUT2D eigenvalue weighted by atomic mass is 10.2. The van der Waals surface area contributed by atoms with Gasteiger partial charge in [0.05, 0.1) is 6.54 Å². The van der Waals surface area contributed by atoms with Crippen molar-refractivity contribution in [3.05, 3.63) is 29.8 Å². The van der Waals surface area contributed by atoms with Gasteiger partial charge in [0.1, 0.15) is 0 Å². The first-order valence-corrected chi connectivity index (χ1v) is 6.18. The van der Waals surface area contributed by atoms with Crippen LogP contribution in [0.1, 0.15) is 5.56 Å². The highest BCUT2D eigenvalue weighted by Gasteiger charge is 2.39. The number of thioether (sulfide) groups is 1. The van der Waals surface area contributed by atoms with Gasteiger partial charge in [-0.1, -0.05) is 12.1 Å². The van der Waals surface area contributed by atoms with Crippen LogP contribution < -0.4 is 5.32 Å². The van der Waals surface area contributed by atoms with Gasteiger partial charge in [0.2, 0.25) is 0 Å². The van der Waals surface area contributed by atoms with Crippen molar-refractivity contribution in [3.63, 3.8) is 0 Å². The van der Waals surface area contributed by atoms with Crippen LogP contribution in [-0.4, -0.2) is 25.1 Å². The number of hydrogen-bond donors (Lipinski definition) is 1. The van der Waals surface area contributed by atoms with Gasteiger partial charge in [0.15, 0.2) is 0 Å².